The second-order valence-corrected chi connectivity index (χ2v) is 12.4. The molecule has 0 unspecified atom stereocenters. The maximum Gasteiger partial charge on any atom is 0.319 e. The van der Waals surface area contributed by atoms with Crippen LogP contribution in [-0.2, 0) is 6.42 Å². The molecule has 45 heavy (non-hydrogen) atoms. The minimum absolute atomic E-state index is 0.0407. The second-order valence-electron chi connectivity index (χ2n) is 12.4. The summed E-state index contributed by atoms with van der Waals surface area (Å²) in [6.07, 6.45) is 2.44. The van der Waals surface area contributed by atoms with Crippen molar-refractivity contribution in [1.82, 2.24) is 15.5 Å². The van der Waals surface area contributed by atoms with Gasteiger partial charge in [0, 0.05) is 42.2 Å². The van der Waals surface area contributed by atoms with Gasteiger partial charge in [-0.05, 0) is 74.2 Å². The van der Waals surface area contributed by atoms with Gasteiger partial charge in [-0.1, -0.05) is 69.8 Å². The van der Waals surface area contributed by atoms with Crippen molar-refractivity contribution in [3.63, 3.8) is 0 Å². The zero-order chi connectivity index (χ0) is 33.1. The summed E-state index contributed by atoms with van der Waals surface area (Å²) in [6.45, 7) is 16.6. The zero-order valence-electron chi connectivity index (χ0n) is 27.4. The van der Waals surface area contributed by atoms with E-state index in [2.05, 4.69) is 79.5 Å². The fourth-order valence-corrected chi connectivity index (χ4v) is 4.63. The molecule has 0 aliphatic carbocycles. The van der Waals surface area contributed by atoms with E-state index in [9.17, 15) is 14.9 Å². The third kappa shape index (κ3) is 10.6. The molecule has 8 heteroatoms. The van der Waals surface area contributed by atoms with Crippen LogP contribution in [0.1, 0.15) is 68.6 Å². The van der Waals surface area contributed by atoms with E-state index in [1.165, 1.54) is 6.07 Å². The van der Waals surface area contributed by atoms with Crippen LogP contribution in [0.25, 0.3) is 5.57 Å². The summed E-state index contributed by atoms with van der Waals surface area (Å²) in [5, 5.41) is 18.4. The quantitative estimate of drug-likeness (QED) is 0.199. The predicted molar refractivity (Wildman–Crippen MR) is 182 cm³/mol. The fraction of sp³-hybridized carbons (Fsp3) is 0.324. The number of hydrogen-bond donors (Lipinski definition) is 3. The number of nitrogens with zero attached hydrogens (tertiary/aromatic N) is 2. The minimum Gasteiger partial charge on any atom is -0.490 e. The summed E-state index contributed by atoms with van der Waals surface area (Å²) in [4.78, 5) is 28.1. The van der Waals surface area contributed by atoms with Crippen LogP contribution >= 0.6 is 0 Å². The van der Waals surface area contributed by atoms with Crippen molar-refractivity contribution in [1.29, 1.82) is 5.26 Å². The molecule has 0 spiro atoms. The molecule has 236 valence electrons. The average Bonchev–Trinajstić information content (AvgIpc) is 2.99. The van der Waals surface area contributed by atoms with Crippen LogP contribution < -0.4 is 20.7 Å². The highest BCUT2D eigenvalue weighted by Crippen LogP contribution is 2.27. The molecule has 0 bridgehead atoms. The number of amides is 3. The molecule has 0 aromatic heterocycles. The number of carbonyl (C=O) groups is 2. The predicted octanol–water partition coefficient (Wildman–Crippen LogP) is 7.36. The molecule has 0 fully saturated rings. The molecule has 3 rings (SSSR count). The van der Waals surface area contributed by atoms with E-state index in [-0.39, 0.29) is 35.6 Å². The van der Waals surface area contributed by atoms with Crippen LogP contribution in [0.5, 0.6) is 5.75 Å². The molecule has 0 heterocycles. The van der Waals surface area contributed by atoms with Crippen LogP contribution in [0.2, 0.25) is 0 Å². The monoisotopic (exact) mass is 607 g/mol. The number of hydrogen-bond acceptors (Lipinski definition) is 5. The molecular formula is C37H45N5O3. The molecule has 3 N–H and O–H groups in total. The highest BCUT2D eigenvalue weighted by Gasteiger charge is 2.19. The van der Waals surface area contributed by atoms with E-state index in [0.717, 1.165) is 22.4 Å². The van der Waals surface area contributed by atoms with Gasteiger partial charge < -0.3 is 25.6 Å². The van der Waals surface area contributed by atoms with Crippen molar-refractivity contribution in [2.45, 2.75) is 60.1 Å². The van der Waals surface area contributed by atoms with Gasteiger partial charge in [-0.25, -0.2) is 4.79 Å². The molecule has 0 aliphatic heterocycles. The number of rotatable bonds is 12. The molecule has 3 aromatic carbocycles. The van der Waals surface area contributed by atoms with E-state index in [4.69, 9.17) is 4.74 Å². The zero-order valence-corrected chi connectivity index (χ0v) is 27.4. The van der Waals surface area contributed by atoms with Crippen LogP contribution in [-0.4, -0.2) is 42.6 Å². The number of nitriles is 1. The Balaban J connectivity index is 1.77. The van der Waals surface area contributed by atoms with Gasteiger partial charge in [0.2, 0.25) is 0 Å². The molecular weight excluding hydrogens is 562 g/mol. The number of nitrogens with one attached hydrogen (secondary N) is 3. The first-order chi connectivity index (χ1) is 21.3. The Morgan fingerprint density at radius 1 is 1.02 bits per heavy atom. The summed E-state index contributed by atoms with van der Waals surface area (Å²) in [6, 6.07) is 23.4. The Labute approximate surface area is 267 Å². The molecule has 0 radical (unpaired) electrons. The average molecular weight is 608 g/mol. The molecule has 0 saturated carbocycles. The fourth-order valence-electron chi connectivity index (χ4n) is 4.63. The summed E-state index contributed by atoms with van der Waals surface area (Å²) >= 11 is 0. The number of urea groups is 1. The topological polar surface area (TPSA) is 106 Å². The second kappa shape index (κ2) is 15.6. The van der Waals surface area contributed by atoms with E-state index >= 15 is 0 Å². The van der Waals surface area contributed by atoms with Gasteiger partial charge in [0.1, 0.15) is 11.8 Å². The SMILES string of the molecule is C=C(N(C)/C=C(\C)c1ccc(C[C@@H](CNC(=O)Nc2ccccc2)NC(=O)c2ccc(OC(C)C)c(C#N)c2)cc1)C(C)(C)C. The standard InChI is InChI=1S/C37H45N5O3/c1-25(2)45-34-19-18-30(21-31(34)22-38)35(43)40-33(23-39-36(44)41-32-12-10-9-11-13-32)20-28-14-16-29(17-15-28)26(3)24-42(8)27(4)37(5,6)7/h9-19,21,24-25,33H,4,20,23H2,1-3,5-8H3,(H,40,43)(H2,39,41,44)/b26-24+/t33-/m0/s1. The number of ether oxygens (including phenoxy) is 1. The third-order valence-electron chi connectivity index (χ3n) is 7.17. The Morgan fingerprint density at radius 2 is 1.67 bits per heavy atom. The first-order valence-corrected chi connectivity index (χ1v) is 15.1. The van der Waals surface area contributed by atoms with Gasteiger partial charge in [0.05, 0.1) is 17.7 Å². The molecule has 0 aliphatic rings. The molecule has 8 nitrogen and oxygen atoms in total. The first kappa shape index (κ1) is 34.5. The molecule has 3 aromatic rings. The Bertz CT molecular complexity index is 1550. The highest BCUT2D eigenvalue weighted by atomic mass is 16.5. The summed E-state index contributed by atoms with van der Waals surface area (Å²) in [5.74, 6) is 0.0774. The van der Waals surface area contributed by atoms with Crippen molar-refractivity contribution in [3.05, 3.63) is 114 Å². The van der Waals surface area contributed by atoms with Crippen molar-refractivity contribution >= 4 is 23.2 Å². The number of para-hydroxylation sites is 1. The van der Waals surface area contributed by atoms with Gasteiger partial charge in [-0.3, -0.25) is 4.79 Å². The third-order valence-corrected chi connectivity index (χ3v) is 7.17. The number of allylic oxidation sites excluding steroid dienone is 2. The normalized spacial score (nSPS) is 12.1. The number of anilines is 1. The Kier molecular flexibility index (Phi) is 12.0. The van der Waals surface area contributed by atoms with Crippen LogP contribution in [0.3, 0.4) is 0 Å². The van der Waals surface area contributed by atoms with E-state index in [0.29, 0.717) is 23.4 Å². The van der Waals surface area contributed by atoms with Crippen LogP contribution in [0, 0.1) is 16.7 Å². The van der Waals surface area contributed by atoms with Gasteiger partial charge in [-0.2, -0.15) is 5.26 Å². The Hall–Kier alpha value is -5.03. The molecule has 1 atom stereocenters. The number of carbonyl (C=O) groups excluding carboxylic acids is 2. The van der Waals surface area contributed by atoms with Crippen LogP contribution in [0.15, 0.2) is 91.3 Å². The summed E-state index contributed by atoms with van der Waals surface area (Å²) < 4.78 is 5.70. The first-order valence-electron chi connectivity index (χ1n) is 15.1. The van der Waals surface area contributed by atoms with Gasteiger partial charge >= 0.3 is 6.03 Å². The summed E-state index contributed by atoms with van der Waals surface area (Å²) in [5.41, 5.74) is 5.41. The number of benzene rings is 3. The minimum atomic E-state index is -0.431. The maximum atomic E-state index is 13.3. The van der Waals surface area contributed by atoms with Crippen molar-refractivity contribution in [2.24, 2.45) is 5.41 Å². The van der Waals surface area contributed by atoms with E-state index < -0.39 is 6.04 Å². The van der Waals surface area contributed by atoms with Crippen molar-refractivity contribution < 1.29 is 14.3 Å². The van der Waals surface area contributed by atoms with Gasteiger partial charge in [-0.15, -0.1) is 0 Å². The van der Waals surface area contributed by atoms with Gasteiger partial charge in [0.25, 0.3) is 5.91 Å². The van der Waals surface area contributed by atoms with Crippen molar-refractivity contribution in [2.75, 3.05) is 18.9 Å². The van der Waals surface area contributed by atoms with E-state index in [1.54, 1.807) is 24.3 Å². The lowest BCUT2D eigenvalue weighted by Crippen LogP contribution is -2.46. The van der Waals surface area contributed by atoms with E-state index in [1.807, 2.05) is 51.2 Å². The lowest BCUT2D eigenvalue weighted by atomic mass is 9.92. The lowest BCUT2D eigenvalue weighted by Gasteiger charge is -2.29. The summed E-state index contributed by atoms with van der Waals surface area (Å²) in [7, 11) is 2.00. The molecule has 3 amide bonds. The lowest BCUT2D eigenvalue weighted by molar-refractivity contribution is 0.0936. The highest BCUT2D eigenvalue weighted by molar-refractivity contribution is 5.95. The van der Waals surface area contributed by atoms with Crippen LogP contribution in [0.4, 0.5) is 10.5 Å². The van der Waals surface area contributed by atoms with Gasteiger partial charge in [0.15, 0.2) is 0 Å². The largest absolute Gasteiger partial charge is 0.490 e. The maximum absolute atomic E-state index is 13.3. The smallest absolute Gasteiger partial charge is 0.319 e. The van der Waals surface area contributed by atoms with Crippen molar-refractivity contribution in [3.8, 4) is 11.8 Å². The Morgan fingerprint density at radius 3 is 2.27 bits per heavy atom. The molecule has 0 saturated heterocycles.